The van der Waals surface area contributed by atoms with Crippen molar-refractivity contribution in [3.8, 4) is 0 Å². The maximum absolute atomic E-state index is 6.59. The van der Waals surface area contributed by atoms with E-state index in [1.807, 2.05) is 13.8 Å². The van der Waals surface area contributed by atoms with Crippen molar-refractivity contribution in [2.45, 2.75) is 92.7 Å². The van der Waals surface area contributed by atoms with E-state index in [1.165, 1.54) is 37.5 Å². The van der Waals surface area contributed by atoms with E-state index in [0.29, 0.717) is 18.1 Å². The van der Waals surface area contributed by atoms with Gasteiger partial charge < -0.3 is 5.73 Å². The first-order chi connectivity index (χ1) is 13.4. The van der Waals surface area contributed by atoms with E-state index >= 15 is 0 Å². The van der Waals surface area contributed by atoms with Crippen LogP contribution in [-0.2, 0) is 6.42 Å². The molecular weight excluding hydrogens is 337 g/mol. The van der Waals surface area contributed by atoms with Gasteiger partial charge in [-0.15, -0.1) is 13.2 Å². The Bertz CT molecular complexity index is 498. The summed E-state index contributed by atoms with van der Waals surface area (Å²) in [7, 11) is 0. The molecule has 1 aromatic carbocycles. The minimum absolute atomic E-state index is 0.329. The molecule has 0 radical (unpaired) electrons. The van der Waals surface area contributed by atoms with E-state index in [9.17, 15) is 0 Å². The minimum Gasteiger partial charge on any atom is -0.334 e. The number of benzene rings is 1. The molecule has 0 amide bonds. The molecule has 4 rings (SSSR count). The fourth-order valence-corrected chi connectivity index (χ4v) is 5.13. The van der Waals surface area contributed by atoms with E-state index in [0.717, 1.165) is 24.2 Å². The van der Waals surface area contributed by atoms with E-state index in [2.05, 4.69) is 78.1 Å². The summed E-state index contributed by atoms with van der Waals surface area (Å²) in [6.45, 7) is 22.4. The number of hydrogen-bond donors (Lipinski definition) is 1. The second-order valence-electron chi connectivity index (χ2n) is 8.97. The maximum atomic E-state index is 6.59. The van der Waals surface area contributed by atoms with Crippen LogP contribution in [0.25, 0.3) is 0 Å². The molecule has 28 heavy (non-hydrogen) atoms. The topological polar surface area (TPSA) is 26.0 Å². The molecule has 0 spiro atoms. The van der Waals surface area contributed by atoms with E-state index in [-0.39, 0.29) is 0 Å². The molecule has 1 nitrogen and oxygen atoms in total. The molecule has 3 aliphatic rings. The Morgan fingerprint density at radius 3 is 2.18 bits per heavy atom. The van der Waals surface area contributed by atoms with E-state index < -0.39 is 0 Å². The van der Waals surface area contributed by atoms with Gasteiger partial charge in [0.2, 0.25) is 0 Å². The van der Waals surface area contributed by atoms with E-state index in [1.54, 1.807) is 0 Å². The van der Waals surface area contributed by atoms with Crippen LogP contribution >= 0.6 is 0 Å². The zero-order chi connectivity index (χ0) is 21.7. The van der Waals surface area contributed by atoms with Crippen molar-refractivity contribution in [1.82, 2.24) is 0 Å². The summed E-state index contributed by atoms with van der Waals surface area (Å²) in [4.78, 5) is 0. The summed E-state index contributed by atoms with van der Waals surface area (Å²) < 4.78 is 0. The van der Waals surface area contributed by atoms with Crippen molar-refractivity contribution in [2.24, 2.45) is 28.9 Å². The van der Waals surface area contributed by atoms with Crippen LogP contribution in [-0.4, -0.2) is 12.7 Å². The van der Waals surface area contributed by atoms with Gasteiger partial charge in [0.25, 0.3) is 0 Å². The van der Waals surface area contributed by atoms with Gasteiger partial charge in [0.05, 0.1) is 0 Å². The van der Waals surface area contributed by atoms with Gasteiger partial charge in [0.15, 0.2) is 6.71 Å². The normalized spacial score (nSPS) is 25.6. The molecule has 1 aliphatic carbocycles. The van der Waals surface area contributed by atoms with Crippen LogP contribution in [0, 0.1) is 23.2 Å². The molecule has 2 bridgehead atoms. The summed E-state index contributed by atoms with van der Waals surface area (Å²) >= 11 is 0. The van der Waals surface area contributed by atoms with Crippen LogP contribution in [0.4, 0.5) is 0 Å². The lowest BCUT2D eigenvalue weighted by Crippen LogP contribution is -2.53. The lowest BCUT2D eigenvalue weighted by Gasteiger charge is -2.57. The van der Waals surface area contributed by atoms with Gasteiger partial charge in [-0.05, 0) is 47.5 Å². The summed E-state index contributed by atoms with van der Waals surface area (Å²) in [6, 6.07) is 10.8. The molecular formula is C26H48BN. The first-order valence-corrected chi connectivity index (χ1v) is 11.7. The summed E-state index contributed by atoms with van der Waals surface area (Å²) in [5, 5.41) is 0. The third-order valence-electron chi connectivity index (χ3n) is 6.71. The van der Waals surface area contributed by atoms with Gasteiger partial charge in [-0.2, -0.15) is 0 Å². The minimum atomic E-state index is 0.329. The molecule has 4 atom stereocenters. The van der Waals surface area contributed by atoms with Gasteiger partial charge in [0.1, 0.15) is 0 Å². The lowest BCUT2D eigenvalue weighted by molar-refractivity contribution is -0.0536. The zero-order valence-electron chi connectivity index (χ0n) is 20.0. The SMILES string of the molecule is C=C.CC.CC1CB(C(N)Cc2ccccc2)CCC2CC1C2(C)C.CCC. The van der Waals surface area contributed by atoms with Crippen LogP contribution in [0.2, 0.25) is 12.6 Å². The molecule has 160 valence electrons. The quantitative estimate of drug-likeness (QED) is 0.422. The van der Waals surface area contributed by atoms with E-state index in [4.69, 9.17) is 5.73 Å². The lowest BCUT2D eigenvalue weighted by atomic mass is 9.32. The predicted octanol–water partition coefficient (Wildman–Crippen LogP) is 7.54. The van der Waals surface area contributed by atoms with Crippen molar-refractivity contribution in [2.75, 3.05) is 0 Å². The highest BCUT2D eigenvalue weighted by Gasteiger charge is 2.51. The number of fused-ring (bicyclic) bond motifs is 4. The van der Waals surface area contributed by atoms with Gasteiger partial charge in [0, 0.05) is 0 Å². The Kier molecular flexibility index (Phi) is 13.5. The Hall–Kier alpha value is -1.02. The second kappa shape index (κ2) is 14.0. The smallest absolute Gasteiger partial charge is 0.160 e. The molecule has 2 N–H and O–H groups in total. The molecule has 2 heterocycles. The number of nitrogens with two attached hydrogens (primary N) is 1. The number of hydrogen-bond acceptors (Lipinski definition) is 1. The molecule has 2 aliphatic heterocycles. The van der Waals surface area contributed by atoms with Crippen molar-refractivity contribution < 1.29 is 0 Å². The van der Waals surface area contributed by atoms with Crippen molar-refractivity contribution >= 4 is 6.71 Å². The largest absolute Gasteiger partial charge is 0.334 e. The molecule has 1 aromatic rings. The molecule has 3 fully saturated rings. The van der Waals surface area contributed by atoms with Crippen LogP contribution in [0.3, 0.4) is 0 Å². The van der Waals surface area contributed by atoms with Crippen molar-refractivity contribution in [3.63, 3.8) is 0 Å². The fraction of sp³-hybridized carbons (Fsp3) is 0.692. The van der Waals surface area contributed by atoms with Crippen LogP contribution in [0.15, 0.2) is 43.5 Å². The first-order valence-electron chi connectivity index (χ1n) is 11.7. The Morgan fingerprint density at radius 1 is 1.14 bits per heavy atom. The first kappa shape index (κ1) is 27.0. The molecule has 0 aromatic heterocycles. The van der Waals surface area contributed by atoms with Crippen LogP contribution < -0.4 is 5.73 Å². The van der Waals surface area contributed by atoms with Crippen LogP contribution in [0.5, 0.6) is 0 Å². The summed E-state index contributed by atoms with van der Waals surface area (Å²) in [5.74, 6) is 3.03. The third-order valence-corrected chi connectivity index (χ3v) is 6.71. The molecule has 4 unspecified atom stereocenters. The average molecular weight is 385 g/mol. The van der Waals surface area contributed by atoms with Gasteiger partial charge in [-0.3, -0.25) is 0 Å². The molecule has 2 saturated heterocycles. The molecule has 2 heteroatoms. The predicted molar refractivity (Wildman–Crippen MR) is 131 cm³/mol. The highest BCUT2D eigenvalue weighted by molar-refractivity contribution is 6.60. The summed E-state index contributed by atoms with van der Waals surface area (Å²) in [6.07, 6.45) is 7.81. The van der Waals surface area contributed by atoms with Crippen LogP contribution in [0.1, 0.15) is 73.3 Å². The Morgan fingerprint density at radius 2 is 1.68 bits per heavy atom. The van der Waals surface area contributed by atoms with Crippen molar-refractivity contribution in [3.05, 3.63) is 49.1 Å². The highest BCUT2D eigenvalue weighted by Crippen LogP contribution is 2.58. The zero-order valence-corrected chi connectivity index (χ0v) is 20.0. The number of rotatable bonds is 3. The maximum Gasteiger partial charge on any atom is 0.160 e. The molecule has 1 saturated carbocycles. The average Bonchev–Trinajstić information content (AvgIpc) is 2.68. The van der Waals surface area contributed by atoms with Gasteiger partial charge in [-0.25, -0.2) is 0 Å². The Labute approximate surface area is 177 Å². The monoisotopic (exact) mass is 385 g/mol. The third kappa shape index (κ3) is 7.43. The van der Waals surface area contributed by atoms with Gasteiger partial charge in [-0.1, -0.05) is 104 Å². The fourth-order valence-electron chi connectivity index (χ4n) is 5.13. The standard InChI is InChI=1S/C19H30BN.C3H8.C2H6.C2H4/c1-14-13-20(10-9-16-12-17(14)19(16,2)3)18(21)11-15-7-5-4-6-8-15;1-3-2;2*1-2/h4-8,14,16-18H,9-13,21H2,1-3H3;3H2,1-2H3;1-2H3;1-2H2. The van der Waals surface area contributed by atoms with Crippen molar-refractivity contribution in [1.29, 1.82) is 0 Å². The highest BCUT2D eigenvalue weighted by atomic mass is 14.6. The second-order valence-corrected chi connectivity index (χ2v) is 8.97. The Balaban J connectivity index is 0.000000930. The van der Waals surface area contributed by atoms with Gasteiger partial charge >= 0.3 is 0 Å². The summed E-state index contributed by atoms with van der Waals surface area (Å²) in [5.41, 5.74) is 8.56.